The molecule has 20 heavy (non-hydrogen) atoms. The van der Waals surface area contributed by atoms with Crippen LogP contribution in [0.25, 0.3) is 11.1 Å². The zero-order chi connectivity index (χ0) is 13.9. The second kappa shape index (κ2) is 5.80. The molecule has 0 spiro atoms. The van der Waals surface area contributed by atoms with Crippen LogP contribution in [0.15, 0.2) is 27.8 Å². The summed E-state index contributed by atoms with van der Waals surface area (Å²) in [7, 11) is 0. The number of thioether (sulfide) groups is 1. The van der Waals surface area contributed by atoms with Crippen molar-refractivity contribution in [1.82, 2.24) is 10.3 Å². The van der Waals surface area contributed by atoms with Gasteiger partial charge < -0.3 is 9.73 Å². The van der Waals surface area contributed by atoms with Gasteiger partial charge in [0.25, 0.3) is 10.9 Å². The fraction of sp³-hybridized carbons (Fsp3) is 0.462. The number of hydrogen-bond acceptors (Lipinski definition) is 6. The van der Waals surface area contributed by atoms with Crippen LogP contribution in [0.1, 0.15) is 19.3 Å². The van der Waals surface area contributed by atoms with E-state index in [9.17, 15) is 10.1 Å². The lowest BCUT2D eigenvalue weighted by Crippen LogP contribution is -2.35. The Bertz CT molecular complexity index is 622. The molecule has 106 valence electrons. The molecule has 0 saturated carbocycles. The number of nitrogens with one attached hydrogen (secondary N) is 1. The van der Waals surface area contributed by atoms with Crippen LogP contribution in [0.5, 0.6) is 0 Å². The second-order valence-corrected chi connectivity index (χ2v) is 5.82. The van der Waals surface area contributed by atoms with Gasteiger partial charge in [0.2, 0.25) is 0 Å². The molecule has 1 aliphatic heterocycles. The third kappa shape index (κ3) is 2.94. The first-order valence-electron chi connectivity index (χ1n) is 6.63. The Labute approximate surface area is 120 Å². The molecule has 7 heteroatoms. The van der Waals surface area contributed by atoms with Crippen LogP contribution in [0.3, 0.4) is 0 Å². The van der Waals surface area contributed by atoms with Crippen molar-refractivity contribution in [2.24, 2.45) is 0 Å². The summed E-state index contributed by atoms with van der Waals surface area (Å²) in [6.07, 6.45) is 3.68. The summed E-state index contributed by atoms with van der Waals surface area (Å²) in [6.45, 7) is 1.07. The van der Waals surface area contributed by atoms with E-state index in [0.717, 1.165) is 12.3 Å². The molecule has 0 amide bonds. The number of nitrogens with zero attached hydrogens (tertiary/aromatic N) is 2. The molecule has 1 fully saturated rings. The molecular formula is C13H15N3O3S. The molecule has 0 bridgehead atoms. The van der Waals surface area contributed by atoms with Gasteiger partial charge in [-0.25, -0.2) is 4.98 Å². The maximum atomic E-state index is 10.7. The number of fused-ring (bicyclic) bond motifs is 1. The lowest BCUT2D eigenvalue weighted by atomic mass is 10.1. The average molecular weight is 293 g/mol. The number of non-ortho nitro benzene ring substituents is 1. The van der Waals surface area contributed by atoms with E-state index in [1.807, 2.05) is 0 Å². The van der Waals surface area contributed by atoms with Crippen molar-refractivity contribution in [2.75, 3.05) is 12.3 Å². The molecule has 1 atom stereocenters. The van der Waals surface area contributed by atoms with Gasteiger partial charge in [-0.05, 0) is 25.5 Å². The van der Waals surface area contributed by atoms with Gasteiger partial charge in [-0.15, -0.1) is 0 Å². The molecular weight excluding hydrogens is 278 g/mol. The predicted molar refractivity (Wildman–Crippen MR) is 77.0 cm³/mol. The monoisotopic (exact) mass is 293 g/mol. The van der Waals surface area contributed by atoms with E-state index in [0.29, 0.717) is 22.4 Å². The van der Waals surface area contributed by atoms with Crippen molar-refractivity contribution in [2.45, 2.75) is 30.5 Å². The molecule has 1 N–H and O–H groups in total. The Hall–Kier alpha value is -1.60. The van der Waals surface area contributed by atoms with Gasteiger partial charge in [-0.3, -0.25) is 10.1 Å². The topological polar surface area (TPSA) is 81.2 Å². The molecule has 1 saturated heterocycles. The van der Waals surface area contributed by atoms with Crippen LogP contribution in [0.4, 0.5) is 5.69 Å². The van der Waals surface area contributed by atoms with Crippen LogP contribution in [0.2, 0.25) is 0 Å². The van der Waals surface area contributed by atoms with Crippen molar-refractivity contribution in [3.05, 3.63) is 28.3 Å². The summed E-state index contributed by atoms with van der Waals surface area (Å²) in [5.41, 5.74) is 1.17. The first kappa shape index (κ1) is 13.4. The number of nitro benzene ring substituents is 1. The number of piperidine rings is 1. The van der Waals surface area contributed by atoms with E-state index in [-0.39, 0.29) is 5.69 Å². The van der Waals surface area contributed by atoms with Crippen LogP contribution >= 0.6 is 11.8 Å². The Morgan fingerprint density at radius 3 is 3.15 bits per heavy atom. The van der Waals surface area contributed by atoms with Crippen LogP contribution in [-0.2, 0) is 0 Å². The zero-order valence-corrected chi connectivity index (χ0v) is 11.7. The summed E-state index contributed by atoms with van der Waals surface area (Å²) >= 11 is 1.56. The fourth-order valence-electron chi connectivity index (χ4n) is 2.31. The number of rotatable bonds is 4. The Kier molecular flexibility index (Phi) is 3.88. The number of hydrogen-bond donors (Lipinski definition) is 1. The van der Waals surface area contributed by atoms with E-state index < -0.39 is 4.92 Å². The first-order chi connectivity index (χ1) is 9.72. The van der Waals surface area contributed by atoms with Crippen LogP contribution in [-0.4, -0.2) is 28.2 Å². The van der Waals surface area contributed by atoms with Gasteiger partial charge in [-0.2, -0.15) is 0 Å². The highest BCUT2D eigenvalue weighted by atomic mass is 32.2. The van der Waals surface area contributed by atoms with Gasteiger partial charge in [0.15, 0.2) is 5.58 Å². The molecule has 2 aromatic rings. The highest BCUT2D eigenvalue weighted by Gasteiger charge is 2.16. The maximum Gasteiger partial charge on any atom is 0.271 e. The quantitative estimate of drug-likeness (QED) is 0.530. The SMILES string of the molecule is O=[N+]([O-])c1ccc2oc(SC[C@@H]3CCCCN3)nc2c1. The average Bonchev–Trinajstić information content (AvgIpc) is 2.88. The second-order valence-electron chi connectivity index (χ2n) is 4.85. The van der Waals surface area contributed by atoms with Gasteiger partial charge >= 0.3 is 0 Å². The molecule has 0 radical (unpaired) electrons. The largest absolute Gasteiger partial charge is 0.431 e. The summed E-state index contributed by atoms with van der Waals surface area (Å²) < 4.78 is 5.60. The van der Waals surface area contributed by atoms with E-state index in [1.54, 1.807) is 17.8 Å². The third-order valence-electron chi connectivity index (χ3n) is 3.38. The molecule has 0 aliphatic carbocycles. The Morgan fingerprint density at radius 1 is 1.50 bits per heavy atom. The van der Waals surface area contributed by atoms with E-state index in [4.69, 9.17) is 4.42 Å². The summed E-state index contributed by atoms with van der Waals surface area (Å²) in [6, 6.07) is 4.98. The van der Waals surface area contributed by atoms with Crippen molar-refractivity contribution in [1.29, 1.82) is 0 Å². The zero-order valence-electron chi connectivity index (χ0n) is 10.9. The number of oxazole rings is 1. The third-order valence-corrected chi connectivity index (χ3v) is 4.37. The molecule has 6 nitrogen and oxygen atoms in total. The molecule has 1 aromatic carbocycles. The fourth-order valence-corrected chi connectivity index (χ4v) is 3.25. The van der Waals surface area contributed by atoms with E-state index in [1.165, 1.54) is 31.4 Å². The highest BCUT2D eigenvalue weighted by molar-refractivity contribution is 7.99. The molecule has 1 aliphatic rings. The van der Waals surface area contributed by atoms with Gasteiger partial charge in [-0.1, -0.05) is 18.2 Å². The minimum Gasteiger partial charge on any atom is -0.431 e. The van der Waals surface area contributed by atoms with Crippen molar-refractivity contribution in [3.8, 4) is 0 Å². The van der Waals surface area contributed by atoms with Crippen LogP contribution < -0.4 is 5.32 Å². The van der Waals surface area contributed by atoms with E-state index >= 15 is 0 Å². The summed E-state index contributed by atoms with van der Waals surface area (Å²) in [5.74, 6) is 0.912. The molecule has 0 unspecified atom stereocenters. The standard InChI is InChI=1S/C13H15N3O3S/c17-16(18)10-4-5-12-11(7-10)15-13(19-12)20-8-9-3-1-2-6-14-9/h4-5,7,9,14H,1-3,6,8H2/t9-/m0/s1. The number of nitro groups is 1. The van der Waals surface area contributed by atoms with Gasteiger partial charge in [0.05, 0.1) is 4.92 Å². The van der Waals surface area contributed by atoms with Crippen molar-refractivity contribution >= 4 is 28.5 Å². The van der Waals surface area contributed by atoms with Crippen molar-refractivity contribution < 1.29 is 9.34 Å². The van der Waals surface area contributed by atoms with Gasteiger partial charge in [0, 0.05) is 23.9 Å². The van der Waals surface area contributed by atoms with Crippen LogP contribution in [0, 0.1) is 10.1 Å². The summed E-state index contributed by atoms with van der Waals surface area (Å²) in [4.78, 5) is 14.6. The number of aromatic nitrogens is 1. The minimum absolute atomic E-state index is 0.0382. The Balaban J connectivity index is 1.70. The first-order valence-corrected chi connectivity index (χ1v) is 7.62. The number of benzene rings is 1. The lowest BCUT2D eigenvalue weighted by molar-refractivity contribution is -0.384. The highest BCUT2D eigenvalue weighted by Crippen LogP contribution is 2.27. The minimum atomic E-state index is -0.424. The smallest absolute Gasteiger partial charge is 0.271 e. The Morgan fingerprint density at radius 2 is 2.40 bits per heavy atom. The normalized spacial score (nSPS) is 19.3. The van der Waals surface area contributed by atoms with Crippen molar-refractivity contribution in [3.63, 3.8) is 0 Å². The molecule has 1 aromatic heterocycles. The van der Waals surface area contributed by atoms with E-state index in [2.05, 4.69) is 10.3 Å². The molecule has 2 heterocycles. The summed E-state index contributed by atoms with van der Waals surface area (Å²) in [5, 5.41) is 14.8. The lowest BCUT2D eigenvalue weighted by Gasteiger charge is -2.22. The molecule has 3 rings (SSSR count). The maximum absolute atomic E-state index is 10.7. The van der Waals surface area contributed by atoms with Gasteiger partial charge in [0.1, 0.15) is 5.52 Å². The predicted octanol–water partition coefficient (Wildman–Crippen LogP) is 2.97.